The molecule has 3 aromatic carbocycles. The smallest absolute Gasteiger partial charge is 0.262 e. The van der Waals surface area contributed by atoms with Gasteiger partial charge in [0.2, 0.25) is 0 Å². The van der Waals surface area contributed by atoms with Crippen LogP contribution in [0.25, 0.3) is 0 Å². The van der Waals surface area contributed by atoms with Gasteiger partial charge in [-0.25, -0.2) is 0 Å². The molecule has 28 heavy (non-hydrogen) atoms. The molecule has 0 saturated carbocycles. The average molecular weight is 376 g/mol. The summed E-state index contributed by atoms with van der Waals surface area (Å²) in [5.74, 6) is 0.120. The molecule has 4 rings (SSSR count). The Hall–Kier alpha value is -3.67. The zero-order valence-corrected chi connectivity index (χ0v) is 15.3. The molecule has 0 unspecified atom stereocenters. The van der Waals surface area contributed by atoms with Crippen molar-refractivity contribution in [3.8, 4) is 17.2 Å². The number of ether oxygens (including phenoxy) is 1. The Balaban J connectivity index is 1.81. The van der Waals surface area contributed by atoms with E-state index in [1.165, 1.54) is 12.1 Å². The van der Waals surface area contributed by atoms with Crippen molar-refractivity contribution in [1.29, 1.82) is 0 Å². The topological polar surface area (TPSA) is 82.0 Å². The lowest BCUT2D eigenvalue weighted by Crippen LogP contribution is -2.43. The van der Waals surface area contributed by atoms with Gasteiger partial charge in [-0.2, -0.15) is 0 Å². The maximum Gasteiger partial charge on any atom is 0.262 e. The number of phenols is 2. The van der Waals surface area contributed by atoms with Crippen molar-refractivity contribution in [3.05, 3.63) is 77.9 Å². The van der Waals surface area contributed by atoms with Crippen LogP contribution < -0.4 is 15.0 Å². The van der Waals surface area contributed by atoms with Gasteiger partial charge in [-0.3, -0.25) is 9.69 Å². The van der Waals surface area contributed by atoms with Gasteiger partial charge in [-0.15, -0.1) is 0 Å². The lowest BCUT2D eigenvalue weighted by atomic mass is 10.0. The fourth-order valence-corrected chi connectivity index (χ4v) is 3.33. The molecule has 1 aliphatic rings. The predicted molar refractivity (Wildman–Crippen MR) is 107 cm³/mol. The summed E-state index contributed by atoms with van der Waals surface area (Å²) >= 11 is 0. The number of hydrogen-bond donors (Lipinski definition) is 3. The van der Waals surface area contributed by atoms with Crippen LogP contribution in [0.15, 0.2) is 66.7 Å². The van der Waals surface area contributed by atoms with Crippen molar-refractivity contribution >= 4 is 17.3 Å². The number of fused-ring (bicyclic) bond motifs is 1. The van der Waals surface area contributed by atoms with E-state index in [2.05, 4.69) is 5.32 Å². The molecule has 6 nitrogen and oxygen atoms in total. The largest absolute Gasteiger partial charge is 0.504 e. The Morgan fingerprint density at radius 2 is 1.75 bits per heavy atom. The van der Waals surface area contributed by atoms with Gasteiger partial charge in [0.15, 0.2) is 11.5 Å². The maximum atomic E-state index is 13.3. The second kappa shape index (κ2) is 7.15. The third-order valence-corrected chi connectivity index (χ3v) is 4.67. The van der Waals surface area contributed by atoms with Crippen LogP contribution in [0.3, 0.4) is 0 Å². The highest BCUT2D eigenvalue weighted by Gasteiger charge is 2.34. The second-order valence-electron chi connectivity index (χ2n) is 6.44. The first-order valence-corrected chi connectivity index (χ1v) is 9.02. The first-order valence-electron chi connectivity index (χ1n) is 9.02. The molecule has 0 radical (unpaired) electrons. The number of nitrogens with zero attached hydrogens (tertiary/aromatic N) is 1. The lowest BCUT2D eigenvalue weighted by Gasteiger charge is -2.38. The highest BCUT2D eigenvalue weighted by Crippen LogP contribution is 2.39. The number of nitrogens with one attached hydrogen (secondary N) is 1. The first-order chi connectivity index (χ1) is 13.6. The molecule has 0 spiro atoms. The van der Waals surface area contributed by atoms with Gasteiger partial charge in [-0.1, -0.05) is 18.2 Å². The monoisotopic (exact) mass is 376 g/mol. The van der Waals surface area contributed by atoms with E-state index >= 15 is 0 Å². The van der Waals surface area contributed by atoms with Gasteiger partial charge in [-0.05, 0) is 61.0 Å². The number of aromatic hydroxyl groups is 2. The number of amides is 1. The Kier molecular flexibility index (Phi) is 4.53. The van der Waals surface area contributed by atoms with Gasteiger partial charge in [0.05, 0.1) is 12.2 Å². The second-order valence-corrected chi connectivity index (χ2v) is 6.44. The van der Waals surface area contributed by atoms with Crippen LogP contribution in [0, 0.1) is 0 Å². The number of anilines is 2. The van der Waals surface area contributed by atoms with Crippen LogP contribution in [0.4, 0.5) is 11.4 Å². The summed E-state index contributed by atoms with van der Waals surface area (Å²) in [4.78, 5) is 14.9. The fourth-order valence-electron chi connectivity index (χ4n) is 3.33. The van der Waals surface area contributed by atoms with Crippen LogP contribution in [0.5, 0.6) is 17.2 Å². The van der Waals surface area contributed by atoms with Gasteiger partial charge in [0.1, 0.15) is 11.9 Å². The van der Waals surface area contributed by atoms with Crippen LogP contribution in [0.1, 0.15) is 29.0 Å². The third-order valence-electron chi connectivity index (χ3n) is 4.67. The third kappa shape index (κ3) is 3.09. The Morgan fingerprint density at radius 3 is 2.46 bits per heavy atom. The molecule has 0 bridgehead atoms. The van der Waals surface area contributed by atoms with E-state index in [4.69, 9.17) is 4.74 Å². The molecule has 1 aliphatic heterocycles. The minimum absolute atomic E-state index is 0.156. The quantitative estimate of drug-likeness (QED) is 0.593. The van der Waals surface area contributed by atoms with Gasteiger partial charge in [0.25, 0.3) is 5.91 Å². The van der Waals surface area contributed by atoms with E-state index < -0.39 is 6.17 Å². The summed E-state index contributed by atoms with van der Waals surface area (Å²) in [5, 5.41) is 23.0. The first kappa shape index (κ1) is 17.7. The fraction of sp³-hybridized carbons (Fsp3) is 0.136. The normalized spacial score (nSPS) is 15.7. The molecular formula is C22H20N2O4. The van der Waals surface area contributed by atoms with Crippen LogP contribution >= 0.6 is 0 Å². The van der Waals surface area contributed by atoms with E-state index in [9.17, 15) is 15.0 Å². The van der Waals surface area contributed by atoms with Crippen molar-refractivity contribution in [2.45, 2.75) is 13.1 Å². The molecular weight excluding hydrogens is 356 g/mol. The summed E-state index contributed by atoms with van der Waals surface area (Å²) in [5.41, 5.74) is 2.61. The lowest BCUT2D eigenvalue weighted by molar-refractivity contribution is 0.0975. The molecule has 0 aliphatic carbocycles. The van der Waals surface area contributed by atoms with E-state index in [0.717, 1.165) is 5.75 Å². The van der Waals surface area contributed by atoms with Crippen molar-refractivity contribution in [1.82, 2.24) is 0 Å². The standard InChI is InChI=1S/C22H20N2O4/c1-2-28-16-10-8-15(9-11-16)24-21(14-7-12-19(25)20(26)13-14)23-18-6-4-3-5-17(18)22(24)27/h3-13,21,23,25-26H,2H2,1H3/t21-/m0/s1. The SMILES string of the molecule is CCOc1ccc(N2C(=O)c3ccccc3N[C@@H]2c2ccc(O)c(O)c2)cc1. The number of phenolic OH excluding ortho intramolecular Hbond substituents is 2. The zero-order valence-electron chi connectivity index (χ0n) is 15.3. The molecule has 0 aromatic heterocycles. The van der Waals surface area contributed by atoms with Gasteiger partial charge < -0.3 is 20.3 Å². The molecule has 1 amide bonds. The molecule has 3 aromatic rings. The van der Waals surface area contributed by atoms with Crippen molar-refractivity contribution in [2.75, 3.05) is 16.8 Å². The Morgan fingerprint density at radius 1 is 1.00 bits per heavy atom. The summed E-state index contributed by atoms with van der Waals surface area (Å²) in [7, 11) is 0. The number of benzene rings is 3. The summed E-state index contributed by atoms with van der Waals surface area (Å²) < 4.78 is 5.49. The van der Waals surface area contributed by atoms with Crippen LogP contribution in [0.2, 0.25) is 0 Å². The van der Waals surface area contributed by atoms with E-state index in [1.54, 1.807) is 17.0 Å². The minimum Gasteiger partial charge on any atom is -0.504 e. The number of hydrogen-bond acceptors (Lipinski definition) is 5. The summed E-state index contributed by atoms with van der Waals surface area (Å²) in [6.45, 7) is 2.47. The molecule has 6 heteroatoms. The maximum absolute atomic E-state index is 13.3. The number of carbonyl (C=O) groups excluding carboxylic acids is 1. The molecule has 3 N–H and O–H groups in total. The van der Waals surface area contributed by atoms with E-state index in [-0.39, 0.29) is 17.4 Å². The molecule has 0 fully saturated rings. The summed E-state index contributed by atoms with van der Waals surface area (Å²) in [6.07, 6.45) is -0.549. The van der Waals surface area contributed by atoms with Crippen LogP contribution in [-0.4, -0.2) is 22.7 Å². The molecule has 1 atom stereocenters. The van der Waals surface area contributed by atoms with Crippen molar-refractivity contribution in [2.24, 2.45) is 0 Å². The highest BCUT2D eigenvalue weighted by atomic mass is 16.5. The molecule has 1 heterocycles. The van der Waals surface area contributed by atoms with Gasteiger partial charge >= 0.3 is 0 Å². The molecule has 0 saturated heterocycles. The molecule has 142 valence electrons. The highest BCUT2D eigenvalue weighted by molar-refractivity contribution is 6.12. The number of rotatable bonds is 4. The van der Waals surface area contributed by atoms with Gasteiger partial charge in [0, 0.05) is 11.4 Å². The van der Waals surface area contributed by atoms with E-state index in [1.807, 2.05) is 49.4 Å². The predicted octanol–water partition coefficient (Wildman–Crippen LogP) is 4.27. The number of carbonyl (C=O) groups is 1. The zero-order chi connectivity index (χ0) is 19.7. The van der Waals surface area contributed by atoms with E-state index in [0.29, 0.717) is 29.1 Å². The Bertz CT molecular complexity index is 1020. The average Bonchev–Trinajstić information content (AvgIpc) is 2.71. The minimum atomic E-state index is -0.549. The summed E-state index contributed by atoms with van der Waals surface area (Å²) in [6, 6.07) is 19.1. The Labute approximate surface area is 162 Å². The van der Waals surface area contributed by atoms with Crippen LogP contribution in [-0.2, 0) is 0 Å². The number of para-hydroxylation sites is 1. The van der Waals surface area contributed by atoms with Crippen molar-refractivity contribution < 1.29 is 19.7 Å². The van der Waals surface area contributed by atoms with Crippen molar-refractivity contribution in [3.63, 3.8) is 0 Å².